The molecule has 1 heterocycles. The molecule has 0 bridgehead atoms. The van der Waals surface area contributed by atoms with Gasteiger partial charge in [-0.1, -0.05) is 17.7 Å². The number of hydrogen-bond acceptors (Lipinski definition) is 4. The predicted octanol–water partition coefficient (Wildman–Crippen LogP) is 2.78. The Hall–Kier alpha value is -1.72. The maximum Gasteiger partial charge on any atom is 0.267 e. The lowest BCUT2D eigenvalue weighted by Gasteiger charge is -2.08. The van der Waals surface area contributed by atoms with Crippen LogP contribution in [0.3, 0.4) is 0 Å². The standard InChI is InChI=1S/C14H17N3OS/c1-8-4-5-11(9(2)6-8)17-14(18)13-10(3)16-12(7-15)19-13/h4-6H,7,15H2,1-3H3,(H,17,18). The summed E-state index contributed by atoms with van der Waals surface area (Å²) in [6, 6.07) is 5.94. The number of rotatable bonds is 3. The Bertz CT molecular complexity index is 619. The van der Waals surface area contributed by atoms with Gasteiger partial charge in [-0.15, -0.1) is 11.3 Å². The molecular formula is C14H17N3OS. The van der Waals surface area contributed by atoms with Crippen LogP contribution in [0.4, 0.5) is 5.69 Å². The fraction of sp³-hybridized carbons (Fsp3) is 0.286. The molecule has 1 aromatic heterocycles. The molecule has 0 saturated heterocycles. The maximum absolute atomic E-state index is 12.2. The van der Waals surface area contributed by atoms with E-state index in [1.165, 1.54) is 16.9 Å². The highest BCUT2D eigenvalue weighted by Gasteiger charge is 2.15. The molecule has 0 saturated carbocycles. The number of benzene rings is 1. The van der Waals surface area contributed by atoms with E-state index in [9.17, 15) is 4.79 Å². The molecule has 2 aromatic rings. The number of nitrogens with one attached hydrogen (secondary N) is 1. The summed E-state index contributed by atoms with van der Waals surface area (Å²) < 4.78 is 0. The van der Waals surface area contributed by atoms with E-state index in [0.717, 1.165) is 22.0 Å². The summed E-state index contributed by atoms with van der Waals surface area (Å²) in [6.07, 6.45) is 0. The number of thiazole rings is 1. The number of aryl methyl sites for hydroxylation is 3. The molecule has 1 amide bonds. The van der Waals surface area contributed by atoms with Crippen LogP contribution < -0.4 is 11.1 Å². The molecule has 5 heteroatoms. The molecule has 0 aliphatic heterocycles. The van der Waals surface area contributed by atoms with Crippen molar-refractivity contribution in [3.8, 4) is 0 Å². The van der Waals surface area contributed by atoms with Gasteiger partial charge in [-0.2, -0.15) is 0 Å². The first-order valence-corrected chi connectivity index (χ1v) is 6.88. The van der Waals surface area contributed by atoms with Gasteiger partial charge >= 0.3 is 0 Å². The van der Waals surface area contributed by atoms with Crippen molar-refractivity contribution in [2.45, 2.75) is 27.3 Å². The molecule has 100 valence electrons. The van der Waals surface area contributed by atoms with E-state index in [1.54, 1.807) is 0 Å². The van der Waals surface area contributed by atoms with E-state index < -0.39 is 0 Å². The number of hydrogen-bond donors (Lipinski definition) is 2. The molecule has 1 aromatic carbocycles. The molecule has 0 atom stereocenters. The summed E-state index contributed by atoms with van der Waals surface area (Å²) in [5, 5.41) is 3.70. The van der Waals surface area contributed by atoms with Crippen molar-refractivity contribution in [2.24, 2.45) is 5.73 Å². The van der Waals surface area contributed by atoms with Crippen molar-refractivity contribution >= 4 is 22.9 Å². The Balaban J connectivity index is 2.23. The van der Waals surface area contributed by atoms with E-state index >= 15 is 0 Å². The summed E-state index contributed by atoms with van der Waals surface area (Å²) in [5.74, 6) is -0.123. The van der Waals surface area contributed by atoms with Crippen molar-refractivity contribution < 1.29 is 4.79 Å². The monoisotopic (exact) mass is 275 g/mol. The summed E-state index contributed by atoms with van der Waals surface area (Å²) in [5.41, 5.74) is 9.33. The molecule has 0 aliphatic carbocycles. The van der Waals surface area contributed by atoms with Gasteiger partial charge in [0.15, 0.2) is 0 Å². The third kappa shape index (κ3) is 3.00. The van der Waals surface area contributed by atoms with Crippen LogP contribution in [0.15, 0.2) is 18.2 Å². The van der Waals surface area contributed by atoms with Gasteiger partial charge in [0.2, 0.25) is 0 Å². The van der Waals surface area contributed by atoms with E-state index in [0.29, 0.717) is 11.4 Å². The second kappa shape index (κ2) is 5.50. The third-order valence-electron chi connectivity index (χ3n) is 2.85. The van der Waals surface area contributed by atoms with Gasteiger partial charge < -0.3 is 11.1 Å². The van der Waals surface area contributed by atoms with Crippen molar-refractivity contribution in [3.05, 3.63) is 44.9 Å². The van der Waals surface area contributed by atoms with Gasteiger partial charge in [0.05, 0.1) is 5.69 Å². The number of nitrogens with two attached hydrogens (primary N) is 1. The first-order chi connectivity index (χ1) is 9.01. The maximum atomic E-state index is 12.2. The van der Waals surface area contributed by atoms with Gasteiger partial charge in [0, 0.05) is 12.2 Å². The van der Waals surface area contributed by atoms with Gasteiger partial charge in [-0.05, 0) is 32.4 Å². The summed E-state index contributed by atoms with van der Waals surface area (Å²) in [4.78, 5) is 17.1. The van der Waals surface area contributed by atoms with Crippen LogP contribution >= 0.6 is 11.3 Å². The molecule has 0 aliphatic rings. The zero-order valence-corrected chi connectivity index (χ0v) is 12.1. The lowest BCUT2D eigenvalue weighted by Crippen LogP contribution is -2.12. The molecule has 0 fully saturated rings. The summed E-state index contributed by atoms with van der Waals surface area (Å²) >= 11 is 1.35. The minimum Gasteiger partial charge on any atom is -0.325 e. The molecule has 0 spiro atoms. The molecule has 19 heavy (non-hydrogen) atoms. The highest BCUT2D eigenvalue weighted by molar-refractivity contribution is 7.13. The average Bonchev–Trinajstić information content (AvgIpc) is 2.74. The Morgan fingerprint density at radius 1 is 1.37 bits per heavy atom. The minimum absolute atomic E-state index is 0.123. The molecule has 2 rings (SSSR count). The van der Waals surface area contributed by atoms with Crippen molar-refractivity contribution in [3.63, 3.8) is 0 Å². The van der Waals surface area contributed by atoms with Gasteiger partial charge in [-0.25, -0.2) is 4.98 Å². The molecule has 0 unspecified atom stereocenters. The average molecular weight is 275 g/mol. The van der Waals surface area contributed by atoms with Crippen LogP contribution in [-0.4, -0.2) is 10.9 Å². The van der Waals surface area contributed by atoms with Crippen LogP contribution in [-0.2, 0) is 6.54 Å². The van der Waals surface area contributed by atoms with Crippen molar-refractivity contribution in [1.29, 1.82) is 0 Å². The van der Waals surface area contributed by atoms with Gasteiger partial charge in [0.25, 0.3) is 5.91 Å². The van der Waals surface area contributed by atoms with Crippen LogP contribution in [0, 0.1) is 20.8 Å². The predicted molar refractivity (Wildman–Crippen MR) is 78.6 cm³/mol. The quantitative estimate of drug-likeness (QED) is 0.905. The van der Waals surface area contributed by atoms with Crippen LogP contribution in [0.1, 0.15) is 31.5 Å². The third-order valence-corrected chi connectivity index (χ3v) is 4.03. The first-order valence-electron chi connectivity index (χ1n) is 6.06. The summed E-state index contributed by atoms with van der Waals surface area (Å²) in [7, 11) is 0. The number of nitrogens with zero attached hydrogens (tertiary/aromatic N) is 1. The van der Waals surface area contributed by atoms with Crippen LogP contribution in [0.5, 0.6) is 0 Å². The van der Waals surface area contributed by atoms with Gasteiger partial charge in [-0.3, -0.25) is 4.79 Å². The Kier molecular flexibility index (Phi) is 3.97. The molecular weight excluding hydrogens is 258 g/mol. The number of anilines is 1. The Morgan fingerprint density at radius 3 is 2.68 bits per heavy atom. The first kappa shape index (κ1) is 13.7. The Morgan fingerprint density at radius 2 is 2.11 bits per heavy atom. The van der Waals surface area contributed by atoms with Crippen LogP contribution in [0.2, 0.25) is 0 Å². The van der Waals surface area contributed by atoms with E-state index in [2.05, 4.69) is 10.3 Å². The second-order valence-corrected chi connectivity index (χ2v) is 5.58. The minimum atomic E-state index is -0.123. The molecule has 0 radical (unpaired) electrons. The molecule has 3 N–H and O–H groups in total. The zero-order chi connectivity index (χ0) is 14.0. The SMILES string of the molecule is Cc1ccc(NC(=O)c2sc(CN)nc2C)c(C)c1. The smallest absolute Gasteiger partial charge is 0.267 e. The van der Waals surface area contributed by atoms with Crippen molar-refractivity contribution in [2.75, 3.05) is 5.32 Å². The van der Waals surface area contributed by atoms with E-state index in [1.807, 2.05) is 39.0 Å². The van der Waals surface area contributed by atoms with Gasteiger partial charge in [0.1, 0.15) is 9.88 Å². The summed E-state index contributed by atoms with van der Waals surface area (Å²) in [6.45, 7) is 6.20. The zero-order valence-electron chi connectivity index (χ0n) is 11.3. The topological polar surface area (TPSA) is 68.0 Å². The fourth-order valence-electron chi connectivity index (χ4n) is 1.88. The number of carbonyl (C=O) groups is 1. The highest BCUT2D eigenvalue weighted by Crippen LogP contribution is 2.21. The highest BCUT2D eigenvalue weighted by atomic mass is 32.1. The lowest BCUT2D eigenvalue weighted by molar-refractivity contribution is 0.102. The number of amides is 1. The van der Waals surface area contributed by atoms with E-state index in [4.69, 9.17) is 5.73 Å². The largest absolute Gasteiger partial charge is 0.325 e. The lowest BCUT2D eigenvalue weighted by atomic mass is 10.1. The Labute approximate surface area is 116 Å². The second-order valence-electron chi connectivity index (χ2n) is 4.50. The van der Waals surface area contributed by atoms with Crippen LogP contribution in [0.25, 0.3) is 0 Å². The number of aromatic nitrogens is 1. The molecule has 4 nitrogen and oxygen atoms in total. The normalized spacial score (nSPS) is 10.5. The van der Waals surface area contributed by atoms with E-state index in [-0.39, 0.29) is 5.91 Å². The number of carbonyl (C=O) groups excluding carboxylic acids is 1. The fourth-order valence-corrected chi connectivity index (χ4v) is 2.72. The van der Waals surface area contributed by atoms with Crippen molar-refractivity contribution in [1.82, 2.24) is 4.98 Å².